The van der Waals surface area contributed by atoms with Crippen molar-refractivity contribution in [3.63, 3.8) is 0 Å². The van der Waals surface area contributed by atoms with Gasteiger partial charge in [-0.25, -0.2) is 9.59 Å². The average Bonchev–Trinajstić information content (AvgIpc) is 3.09. The van der Waals surface area contributed by atoms with Gasteiger partial charge in [0.25, 0.3) is 0 Å². The second-order valence-corrected chi connectivity index (χ2v) is 7.91. The Hall–Kier alpha value is -2.91. The number of methoxy groups -OCH3 is 2. The molecule has 0 aliphatic carbocycles. The maximum atomic E-state index is 12.6. The highest BCUT2D eigenvalue weighted by Crippen LogP contribution is 2.34. The largest absolute Gasteiger partial charge is 0.465 e. The van der Waals surface area contributed by atoms with Gasteiger partial charge in [0.05, 0.1) is 26.3 Å². The molecular formula is C21H25N3O5S. The van der Waals surface area contributed by atoms with E-state index in [1.54, 1.807) is 6.92 Å². The smallest absolute Gasteiger partial charge is 0.348 e. The van der Waals surface area contributed by atoms with Crippen LogP contribution in [0.25, 0.3) is 0 Å². The average molecular weight is 432 g/mol. The zero-order chi connectivity index (χ0) is 21.7. The van der Waals surface area contributed by atoms with E-state index in [4.69, 9.17) is 9.47 Å². The summed E-state index contributed by atoms with van der Waals surface area (Å²) < 4.78 is 9.58. The summed E-state index contributed by atoms with van der Waals surface area (Å²) in [5, 5.41) is 3.07. The number of para-hydroxylation sites is 1. The number of hydrogen-bond acceptors (Lipinski definition) is 8. The Kier molecular flexibility index (Phi) is 7.07. The quantitative estimate of drug-likeness (QED) is 0.703. The highest BCUT2D eigenvalue weighted by molar-refractivity contribution is 7.18. The molecule has 160 valence electrons. The van der Waals surface area contributed by atoms with E-state index in [1.807, 2.05) is 18.2 Å². The van der Waals surface area contributed by atoms with Gasteiger partial charge in [0.2, 0.25) is 5.91 Å². The molecule has 0 spiro atoms. The lowest BCUT2D eigenvalue weighted by atomic mass is 10.1. The number of anilines is 2. The van der Waals surface area contributed by atoms with Crippen LogP contribution in [0.4, 0.5) is 10.7 Å². The maximum absolute atomic E-state index is 12.6. The zero-order valence-electron chi connectivity index (χ0n) is 17.3. The van der Waals surface area contributed by atoms with Gasteiger partial charge in [-0.15, -0.1) is 11.3 Å². The van der Waals surface area contributed by atoms with E-state index >= 15 is 0 Å². The molecule has 9 heteroatoms. The number of nitrogens with one attached hydrogen (secondary N) is 1. The molecule has 1 aliphatic rings. The van der Waals surface area contributed by atoms with Gasteiger partial charge in [-0.05, 0) is 24.6 Å². The first kappa shape index (κ1) is 21.8. The third-order valence-electron chi connectivity index (χ3n) is 5.02. The molecule has 0 atom stereocenters. The molecule has 0 radical (unpaired) electrons. The lowest BCUT2D eigenvalue weighted by molar-refractivity contribution is -0.117. The number of amides is 1. The van der Waals surface area contributed by atoms with Gasteiger partial charge in [-0.1, -0.05) is 18.2 Å². The van der Waals surface area contributed by atoms with Crippen molar-refractivity contribution in [1.29, 1.82) is 0 Å². The van der Waals surface area contributed by atoms with Crippen molar-refractivity contribution in [3.8, 4) is 0 Å². The minimum absolute atomic E-state index is 0.185. The number of thiophene rings is 1. The van der Waals surface area contributed by atoms with Gasteiger partial charge < -0.3 is 19.7 Å². The summed E-state index contributed by atoms with van der Waals surface area (Å²) in [4.78, 5) is 41.4. The topological polar surface area (TPSA) is 88.2 Å². The van der Waals surface area contributed by atoms with Crippen LogP contribution in [0.3, 0.4) is 0 Å². The van der Waals surface area contributed by atoms with E-state index in [1.165, 1.54) is 19.9 Å². The van der Waals surface area contributed by atoms with Crippen molar-refractivity contribution < 1.29 is 23.9 Å². The number of nitrogens with zero attached hydrogens (tertiary/aromatic N) is 2. The number of piperazine rings is 1. The first-order valence-corrected chi connectivity index (χ1v) is 10.4. The molecule has 1 saturated heterocycles. The Morgan fingerprint density at radius 1 is 1.00 bits per heavy atom. The van der Waals surface area contributed by atoms with E-state index in [0.717, 1.165) is 37.5 Å². The molecule has 1 aliphatic heterocycles. The number of carbonyl (C=O) groups excluding carboxylic acids is 3. The van der Waals surface area contributed by atoms with Gasteiger partial charge >= 0.3 is 11.9 Å². The fourth-order valence-corrected chi connectivity index (χ4v) is 4.54. The van der Waals surface area contributed by atoms with E-state index in [0.29, 0.717) is 10.6 Å². The molecule has 1 amide bonds. The van der Waals surface area contributed by atoms with Crippen LogP contribution < -0.4 is 10.2 Å². The van der Waals surface area contributed by atoms with Crippen LogP contribution in [0.15, 0.2) is 30.3 Å². The monoisotopic (exact) mass is 431 g/mol. The highest BCUT2D eigenvalue weighted by Gasteiger charge is 2.27. The molecule has 0 bridgehead atoms. The van der Waals surface area contributed by atoms with Gasteiger partial charge in [-0.3, -0.25) is 9.69 Å². The second kappa shape index (κ2) is 9.73. The number of carbonyl (C=O) groups is 3. The predicted molar refractivity (Wildman–Crippen MR) is 115 cm³/mol. The Morgan fingerprint density at radius 3 is 2.23 bits per heavy atom. The molecule has 1 aromatic heterocycles. The number of hydrogen-bond donors (Lipinski definition) is 1. The Morgan fingerprint density at radius 2 is 1.63 bits per heavy atom. The number of benzene rings is 1. The lowest BCUT2D eigenvalue weighted by Crippen LogP contribution is -2.48. The van der Waals surface area contributed by atoms with Crippen LogP contribution in [-0.2, 0) is 14.3 Å². The van der Waals surface area contributed by atoms with E-state index in [2.05, 4.69) is 27.2 Å². The van der Waals surface area contributed by atoms with Crippen molar-refractivity contribution in [2.45, 2.75) is 6.92 Å². The van der Waals surface area contributed by atoms with E-state index in [-0.39, 0.29) is 22.9 Å². The summed E-state index contributed by atoms with van der Waals surface area (Å²) >= 11 is 1.02. The molecular weight excluding hydrogens is 406 g/mol. The molecule has 2 heterocycles. The van der Waals surface area contributed by atoms with Crippen molar-refractivity contribution >= 4 is 39.9 Å². The first-order chi connectivity index (χ1) is 14.4. The summed E-state index contributed by atoms with van der Waals surface area (Å²) in [5.41, 5.74) is 1.80. The third-order valence-corrected chi connectivity index (χ3v) is 6.21. The fraction of sp³-hybridized carbons (Fsp3) is 0.381. The van der Waals surface area contributed by atoms with Crippen molar-refractivity contribution in [3.05, 3.63) is 46.3 Å². The molecule has 3 rings (SSSR count). The molecule has 0 saturated carbocycles. The Bertz CT molecular complexity index is 920. The van der Waals surface area contributed by atoms with Crippen LogP contribution in [0.1, 0.15) is 25.6 Å². The minimum Gasteiger partial charge on any atom is -0.465 e. The molecule has 1 aromatic carbocycles. The fourth-order valence-electron chi connectivity index (χ4n) is 3.41. The molecule has 8 nitrogen and oxygen atoms in total. The number of ether oxygens (including phenoxy) is 2. The third kappa shape index (κ3) is 4.80. The van der Waals surface area contributed by atoms with E-state index in [9.17, 15) is 14.4 Å². The molecule has 2 aromatic rings. The second-order valence-electron chi connectivity index (χ2n) is 6.89. The Balaban J connectivity index is 1.64. The maximum Gasteiger partial charge on any atom is 0.348 e. The van der Waals surface area contributed by atoms with E-state index < -0.39 is 11.9 Å². The molecule has 1 N–H and O–H groups in total. The van der Waals surface area contributed by atoms with Crippen LogP contribution in [0, 0.1) is 6.92 Å². The molecule has 1 fully saturated rings. The SMILES string of the molecule is COC(=O)c1sc(NC(=O)CN2CCN(c3ccccc3)CC2)c(C(=O)OC)c1C. The predicted octanol–water partition coefficient (Wildman–Crippen LogP) is 2.39. The van der Waals surface area contributed by atoms with Gasteiger partial charge in [0.1, 0.15) is 9.88 Å². The summed E-state index contributed by atoms with van der Waals surface area (Å²) in [5.74, 6) is -1.41. The number of rotatable bonds is 6. The molecule has 0 unspecified atom stereocenters. The summed E-state index contributed by atoms with van der Waals surface area (Å²) in [6, 6.07) is 10.2. The summed E-state index contributed by atoms with van der Waals surface area (Å²) in [7, 11) is 2.53. The first-order valence-electron chi connectivity index (χ1n) is 9.56. The molecule has 30 heavy (non-hydrogen) atoms. The summed E-state index contributed by atoms with van der Waals surface area (Å²) in [6.07, 6.45) is 0. The standard InChI is InChI=1S/C21H25N3O5S/c1-14-17(20(26)28-2)19(30-18(14)21(27)29-3)22-16(25)13-23-9-11-24(12-10-23)15-7-5-4-6-8-15/h4-8H,9-13H2,1-3H3,(H,22,25). The van der Waals surface area contributed by atoms with Crippen molar-refractivity contribution in [2.24, 2.45) is 0 Å². The van der Waals surface area contributed by atoms with Crippen LogP contribution in [0.5, 0.6) is 0 Å². The van der Waals surface area contributed by atoms with Gasteiger partial charge in [0, 0.05) is 31.9 Å². The minimum atomic E-state index is -0.606. The van der Waals surface area contributed by atoms with Crippen molar-refractivity contribution in [2.75, 3.05) is 57.2 Å². The highest BCUT2D eigenvalue weighted by atomic mass is 32.1. The van der Waals surface area contributed by atoms with Crippen molar-refractivity contribution in [1.82, 2.24) is 4.90 Å². The normalized spacial score (nSPS) is 14.3. The zero-order valence-corrected chi connectivity index (χ0v) is 18.1. The van der Waals surface area contributed by atoms with Crippen LogP contribution in [0.2, 0.25) is 0 Å². The van der Waals surface area contributed by atoms with Gasteiger partial charge in [-0.2, -0.15) is 0 Å². The number of esters is 2. The van der Waals surface area contributed by atoms with Crippen LogP contribution >= 0.6 is 11.3 Å². The van der Waals surface area contributed by atoms with Crippen LogP contribution in [-0.4, -0.2) is 69.7 Å². The van der Waals surface area contributed by atoms with Gasteiger partial charge in [0.15, 0.2) is 0 Å². The lowest BCUT2D eigenvalue weighted by Gasteiger charge is -2.35. The summed E-state index contributed by atoms with van der Waals surface area (Å²) in [6.45, 7) is 5.00. The Labute approximate surface area is 179 Å².